The maximum atomic E-state index is 12.1. The smallest absolute Gasteiger partial charge is 0.285 e. The fourth-order valence-electron chi connectivity index (χ4n) is 3.09. The van der Waals surface area contributed by atoms with E-state index in [4.69, 9.17) is 14.2 Å². The van der Waals surface area contributed by atoms with Crippen molar-refractivity contribution in [2.45, 2.75) is 32.0 Å². The molecule has 1 amide bonds. The minimum absolute atomic E-state index is 0.00824. The monoisotopic (exact) mass is 349 g/mol. The fraction of sp³-hybridized carbons (Fsp3) is 0.526. The van der Waals surface area contributed by atoms with E-state index in [2.05, 4.69) is 5.32 Å². The highest BCUT2D eigenvalue weighted by atomic mass is 16.7. The highest BCUT2D eigenvalue weighted by Gasteiger charge is 2.37. The molecule has 1 aliphatic heterocycles. The molecule has 0 fully saturated rings. The van der Waals surface area contributed by atoms with Crippen molar-refractivity contribution < 1.29 is 24.1 Å². The Morgan fingerprint density at radius 2 is 2.04 bits per heavy atom. The third-order valence-corrected chi connectivity index (χ3v) is 4.36. The summed E-state index contributed by atoms with van der Waals surface area (Å²) in [6.07, 6.45) is 2.70. The van der Waals surface area contributed by atoms with E-state index in [-0.39, 0.29) is 30.1 Å². The summed E-state index contributed by atoms with van der Waals surface area (Å²) >= 11 is 0. The standard InChI is InChI=1S/C19H27NO5/c1-4-24-19-15(6-5-11-21)16(12-17(25-19)18(22)20-2)13-7-9-14(23-3)10-8-13/h7-10,12,15-16,19,21H,4-6,11H2,1-3H3,(H,20,22)/t15-,16+,19+/m0/s1. The van der Waals surface area contributed by atoms with Gasteiger partial charge in [0.1, 0.15) is 5.75 Å². The molecule has 6 nitrogen and oxygen atoms in total. The lowest BCUT2D eigenvalue weighted by Crippen LogP contribution is -2.38. The van der Waals surface area contributed by atoms with Gasteiger partial charge in [0, 0.05) is 32.1 Å². The van der Waals surface area contributed by atoms with Gasteiger partial charge in [-0.25, -0.2) is 0 Å². The number of carbonyl (C=O) groups excluding carboxylic acids is 1. The van der Waals surface area contributed by atoms with Crippen molar-refractivity contribution in [2.24, 2.45) is 5.92 Å². The lowest BCUT2D eigenvalue weighted by molar-refractivity contribution is -0.166. The van der Waals surface area contributed by atoms with E-state index in [1.165, 1.54) is 0 Å². The lowest BCUT2D eigenvalue weighted by atomic mass is 9.80. The first-order valence-electron chi connectivity index (χ1n) is 8.61. The van der Waals surface area contributed by atoms with Crippen LogP contribution >= 0.6 is 0 Å². The summed E-state index contributed by atoms with van der Waals surface area (Å²) in [4.78, 5) is 12.1. The van der Waals surface area contributed by atoms with Crippen LogP contribution in [0.15, 0.2) is 36.1 Å². The number of hydrogen-bond acceptors (Lipinski definition) is 5. The molecule has 0 bridgehead atoms. The summed E-state index contributed by atoms with van der Waals surface area (Å²) in [5.41, 5.74) is 1.05. The van der Waals surface area contributed by atoms with Crippen LogP contribution in [0, 0.1) is 5.92 Å². The predicted molar refractivity (Wildman–Crippen MR) is 94.2 cm³/mol. The summed E-state index contributed by atoms with van der Waals surface area (Å²) in [5, 5.41) is 11.8. The van der Waals surface area contributed by atoms with Crippen molar-refractivity contribution in [1.29, 1.82) is 0 Å². The van der Waals surface area contributed by atoms with Crippen molar-refractivity contribution in [1.82, 2.24) is 5.32 Å². The molecule has 0 saturated heterocycles. The molecule has 0 radical (unpaired) electrons. The van der Waals surface area contributed by atoms with Gasteiger partial charge in [-0.2, -0.15) is 0 Å². The van der Waals surface area contributed by atoms with Crippen LogP contribution in [-0.4, -0.2) is 44.7 Å². The average molecular weight is 349 g/mol. The number of aliphatic hydroxyl groups excluding tert-OH is 1. The molecular weight excluding hydrogens is 322 g/mol. The molecule has 3 atom stereocenters. The number of ether oxygens (including phenoxy) is 3. The van der Waals surface area contributed by atoms with E-state index in [1.54, 1.807) is 14.2 Å². The van der Waals surface area contributed by atoms with Crippen LogP contribution in [0.25, 0.3) is 0 Å². The molecule has 1 aromatic carbocycles. The summed E-state index contributed by atoms with van der Waals surface area (Å²) < 4.78 is 16.8. The van der Waals surface area contributed by atoms with Crippen LogP contribution in [0.4, 0.5) is 0 Å². The molecule has 1 aromatic rings. The topological polar surface area (TPSA) is 77.0 Å². The Morgan fingerprint density at radius 1 is 1.32 bits per heavy atom. The third kappa shape index (κ3) is 4.74. The minimum Gasteiger partial charge on any atom is -0.497 e. The van der Waals surface area contributed by atoms with Gasteiger partial charge in [0.2, 0.25) is 6.29 Å². The van der Waals surface area contributed by atoms with Crippen molar-refractivity contribution in [2.75, 3.05) is 27.4 Å². The third-order valence-electron chi connectivity index (χ3n) is 4.36. The van der Waals surface area contributed by atoms with Crippen LogP contribution in [0.5, 0.6) is 5.75 Å². The summed E-state index contributed by atoms with van der Waals surface area (Å²) in [6, 6.07) is 7.78. The first kappa shape index (κ1) is 19.3. The van der Waals surface area contributed by atoms with E-state index in [1.807, 2.05) is 37.3 Å². The minimum atomic E-state index is -0.527. The van der Waals surface area contributed by atoms with Gasteiger partial charge in [-0.15, -0.1) is 0 Å². The van der Waals surface area contributed by atoms with Gasteiger partial charge >= 0.3 is 0 Å². The second-order valence-corrected chi connectivity index (χ2v) is 5.88. The number of rotatable bonds is 8. The molecule has 6 heteroatoms. The molecule has 0 aliphatic carbocycles. The maximum Gasteiger partial charge on any atom is 0.285 e. The molecule has 0 aromatic heterocycles. The number of hydrogen-bond donors (Lipinski definition) is 2. The SMILES string of the molecule is CCO[C@@H]1OC(C(=O)NC)=C[C@H](c2ccc(OC)cc2)[C@@H]1CCCO. The molecule has 2 rings (SSSR count). The highest BCUT2D eigenvalue weighted by molar-refractivity contribution is 5.91. The Bertz CT molecular complexity index is 584. The molecule has 0 saturated carbocycles. The first-order chi connectivity index (χ1) is 12.1. The Balaban J connectivity index is 2.39. The number of carbonyl (C=O) groups is 1. The van der Waals surface area contributed by atoms with Gasteiger partial charge in [-0.05, 0) is 43.5 Å². The highest BCUT2D eigenvalue weighted by Crippen LogP contribution is 2.39. The number of likely N-dealkylation sites (N-methyl/N-ethyl adjacent to an activating group) is 1. The predicted octanol–water partition coefficient (Wildman–Crippen LogP) is 2.19. The average Bonchev–Trinajstić information content (AvgIpc) is 2.66. The zero-order valence-corrected chi connectivity index (χ0v) is 15.0. The van der Waals surface area contributed by atoms with E-state index in [9.17, 15) is 9.90 Å². The Kier molecular flexibility index (Phi) is 7.28. The van der Waals surface area contributed by atoms with Crippen LogP contribution in [0.3, 0.4) is 0 Å². The van der Waals surface area contributed by atoms with Crippen molar-refractivity contribution in [3.8, 4) is 5.75 Å². The molecule has 138 valence electrons. The van der Waals surface area contributed by atoms with E-state index < -0.39 is 6.29 Å². The van der Waals surface area contributed by atoms with Crippen molar-refractivity contribution in [3.05, 3.63) is 41.7 Å². The number of nitrogens with one attached hydrogen (secondary N) is 1. The van der Waals surface area contributed by atoms with Crippen molar-refractivity contribution >= 4 is 5.91 Å². The zero-order chi connectivity index (χ0) is 18.2. The largest absolute Gasteiger partial charge is 0.497 e. The van der Waals surface area contributed by atoms with Crippen LogP contribution in [0.2, 0.25) is 0 Å². The molecule has 1 aliphatic rings. The van der Waals surface area contributed by atoms with Gasteiger partial charge in [-0.3, -0.25) is 4.79 Å². The number of benzene rings is 1. The fourth-order valence-corrected chi connectivity index (χ4v) is 3.09. The second-order valence-electron chi connectivity index (χ2n) is 5.88. The van der Waals surface area contributed by atoms with Gasteiger partial charge in [0.25, 0.3) is 5.91 Å². The quantitative estimate of drug-likeness (QED) is 0.752. The van der Waals surface area contributed by atoms with Gasteiger partial charge in [0.05, 0.1) is 7.11 Å². The molecule has 0 spiro atoms. The van der Waals surface area contributed by atoms with Crippen LogP contribution in [-0.2, 0) is 14.3 Å². The van der Waals surface area contributed by atoms with Crippen LogP contribution in [0.1, 0.15) is 31.2 Å². The van der Waals surface area contributed by atoms with Crippen LogP contribution < -0.4 is 10.1 Å². The molecule has 25 heavy (non-hydrogen) atoms. The van der Waals surface area contributed by atoms with Gasteiger partial charge in [0.15, 0.2) is 5.76 Å². The second kappa shape index (κ2) is 9.44. The van der Waals surface area contributed by atoms with Crippen molar-refractivity contribution in [3.63, 3.8) is 0 Å². The summed E-state index contributed by atoms with van der Waals surface area (Å²) in [6.45, 7) is 2.49. The first-order valence-corrected chi connectivity index (χ1v) is 8.61. The zero-order valence-electron chi connectivity index (χ0n) is 15.0. The number of allylic oxidation sites excluding steroid dienone is 1. The Morgan fingerprint density at radius 3 is 2.60 bits per heavy atom. The summed E-state index contributed by atoms with van der Waals surface area (Å²) in [7, 11) is 3.20. The number of amides is 1. The van der Waals surface area contributed by atoms with E-state index >= 15 is 0 Å². The Hall–Kier alpha value is -2.05. The normalized spacial score (nSPS) is 22.7. The van der Waals surface area contributed by atoms with E-state index in [0.717, 1.165) is 17.7 Å². The number of methoxy groups -OCH3 is 1. The molecular formula is C19H27NO5. The molecule has 0 unspecified atom stereocenters. The summed E-state index contributed by atoms with van der Waals surface area (Å²) in [5.74, 6) is 0.731. The van der Waals surface area contributed by atoms with Gasteiger partial charge in [-0.1, -0.05) is 12.1 Å². The lowest BCUT2D eigenvalue weighted by Gasteiger charge is -2.37. The number of aliphatic hydroxyl groups is 1. The van der Waals surface area contributed by atoms with Gasteiger partial charge < -0.3 is 24.6 Å². The molecule has 1 heterocycles. The van der Waals surface area contributed by atoms with E-state index in [0.29, 0.717) is 13.0 Å². The molecule has 2 N–H and O–H groups in total. The Labute approximate surface area is 148 Å². The maximum absolute atomic E-state index is 12.1.